The topological polar surface area (TPSA) is 63.2 Å². The summed E-state index contributed by atoms with van der Waals surface area (Å²) >= 11 is 0. The maximum atomic E-state index is 11.3. The van der Waals surface area contributed by atoms with Crippen LogP contribution >= 0.6 is 0 Å². The molecule has 0 saturated carbocycles. The van der Waals surface area contributed by atoms with Gasteiger partial charge in [-0.15, -0.1) is 0 Å². The summed E-state index contributed by atoms with van der Waals surface area (Å²) in [5, 5.41) is 5.40. The number of hydrogen-bond acceptors (Lipinski definition) is 3. The molecule has 1 heterocycles. The highest BCUT2D eigenvalue weighted by Gasteiger charge is 2.03. The van der Waals surface area contributed by atoms with E-state index in [-0.39, 0.29) is 12.1 Å². The van der Waals surface area contributed by atoms with Crippen LogP contribution in [0, 0.1) is 0 Å². The normalized spacial score (nSPS) is 9.87. The van der Waals surface area contributed by atoms with Gasteiger partial charge in [-0.3, -0.25) is 0 Å². The Kier molecular flexibility index (Phi) is 3.91. The lowest BCUT2D eigenvalue weighted by Crippen LogP contribution is -2.34. The number of hydrogen-bond donors (Lipinski definition) is 2. The van der Waals surface area contributed by atoms with Crippen molar-refractivity contribution in [3.63, 3.8) is 0 Å². The van der Waals surface area contributed by atoms with E-state index in [1.165, 1.54) is 7.11 Å². The lowest BCUT2D eigenvalue weighted by molar-refractivity contribution is 0.250. The number of aromatic nitrogens is 1. The molecule has 1 rings (SSSR count). The Bertz CT molecular complexity index is 339. The number of urea groups is 1. The van der Waals surface area contributed by atoms with Gasteiger partial charge < -0.3 is 15.4 Å². The van der Waals surface area contributed by atoms with Gasteiger partial charge in [0.2, 0.25) is 5.88 Å². The highest BCUT2D eigenvalue weighted by Crippen LogP contribution is 2.12. The monoisotopic (exact) mass is 209 g/mol. The largest absolute Gasteiger partial charge is 0.481 e. The minimum atomic E-state index is -0.238. The Morgan fingerprint density at radius 1 is 1.53 bits per heavy atom. The third-order valence-corrected chi connectivity index (χ3v) is 1.62. The highest BCUT2D eigenvalue weighted by atomic mass is 16.5. The Morgan fingerprint density at radius 2 is 2.27 bits per heavy atom. The van der Waals surface area contributed by atoms with Crippen LogP contribution in [-0.4, -0.2) is 24.2 Å². The predicted molar refractivity (Wildman–Crippen MR) is 58.1 cm³/mol. The maximum absolute atomic E-state index is 11.3. The molecule has 0 bridgehead atoms. The van der Waals surface area contributed by atoms with Crippen molar-refractivity contribution in [1.82, 2.24) is 10.3 Å². The number of nitrogens with zero attached hydrogens (tertiary/aromatic N) is 1. The first kappa shape index (κ1) is 11.3. The van der Waals surface area contributed by atoms with Crippen molar-refractivity contribution in [2.75, 3.05) is 12.4 Å². The van der Waals surface area contributed by atoms with Gasteiger partial charge in [0, 0.05) is 24.0 Å². The van der Waals surface area contributed by atoms with Crippen LogP contribution in [0.2, 0.25) is 0 Å². The Balaban J connectivity index is 2.60. The third kappa shape index (κ3) is 3.84. The van der Waals surface area contributed by atoms with E-state index in [0.29, 0.717) is 11.6 Å². The Morgan fingerprint density at radius 3 is 2.87 bits per heavy atom. The second-order valence-corrected chi connectivity index (χ2v) is 3.34. The molecule has 0 aromatic carbocycles. The third-order valence-electron chi connectivity index (χ3n) is 1.62. The number of carbonyl (C=O) groups is 1. The second-order valence-electron chi connectivity index (χ2n) is 3.34. The second kappa shape index (κ2) is 5.19. The SMILES string of the molecule is COc1cc(NC(=O)NC(C)C)ccn1. The van der Waals surface area contributed by atoms with Crippen molar-refractivity contribution in [1.29, 1.82) is 0 Å². The van der Waals surface area contributed by atoms with Gasteiger partial charge in [-0.25, -0.2) is 9.78 Å². The van der Waals surface area contributed by atoms with Crippen molar-refractivity contribution < 1.29 is 9.53 Å². The fourth-order valence-corrected chi connectivity index (χ4v) is 1.03. The molecule has 2 N–H and O–H groups in total. The maximum Gasteiger partial charge on any atom is 0.319 e. The molecule has 0 fully saturated rings. The molecule has 1 aromatic heterocycles. The minimum absolute atomic E-state index is 0.105. The molecule has 5 heteroatoms. The van der Waals surface area contributed by atoms with Gasteiger partial charge in [-0.05, 0) is 19.9 Å². The molecule has 0 aliphatic heterocycles. The summed E-state index contributed by atoms with van der Waals surface area (Å²) in [6.45, 7) is 3.79. The van der Waals surface area contributed by atoms with E-state index in [2.05, 4.69) is 15.6 Å². The van der Waals surface area contributed by atoms with Gasteiger partial charge in [0.25, 0.3) is 0 Å². The molecule has 0 atom stereocenters. The minimum Gasteiger partial charge on any atom is -0.481 e. The Hall–Kier alpha value is -1.78. The van der Waals surface area contributed by atoms with Crippen LogP contribution in [0.3, 0.4) is 0 Å². The molecule has 82 valence electrons. The predicted octanol–water partition coefficient (Wildman–Crippen LogP) is 1.62. The highest BCUT2D eigenvalue weighted by molar-refractivity contribution is 5.89. The van der Waals surface area contributed by atoms with Crippen molar-refractivity contribution in [3.05, 3.63) is 18.3 Å². The molecule has 0 saturated heterocycles. The number of pyridine rings is 1. The summed E-state index contributed by atoms with van der Waals surface area (Å²) in [5.74, 6) is 0.470. The zero-order chi connectivity index (χ0) is 11.3. The number of anilines is 1. The van der Waals surface area contributed by atoms with Gasteiger partial charge in [-0.1, -0.05) is 0 Å². The van der Waals surface area contributed by atoms with E-state index in [0.717, 1.165) is 0 Å². The standard InChI is InChI=1S/C10H15N3O2/c1-7(2)12-10(14)13-8-4-5-11-9(6-8)15-3/h4-7H,1-3H3,(H2,11,12,13,14). The van der Waals surface area contributed by atoms with Crippen LogP contribution in [0.4, 0.5) is 10.5 Å². The number of amides is 2. The molecule has 15 heavy (non-hydrogen) atoms. The summed E-state index contributed by atoms with van der Waals surface area (Å²) in [6, 6.07) is 3.22. The van der Waals surface area contributed by atoms with Crippen molar-refractivity contribution in [2.45, 2.75) is 19.9 Å². The van der Waals surface area contributed by atoms with Crippen molar-refractivity contribution >= 4 is 11.7 Å². The van der Waals surface area contributed by atoms with Crippen LogP contribution in [0.5, 0.6) is 5.88 Å². The molecule has 2 amide bonds. The van der Waals surface area contributed by atoms with Crippen molar-refractivity contribution in [2.24, 2.45) is 0 Å². The molecule has 5 nitrogen and oxygen atoms in total. The van der Waals surface area contributed by atoms with Gasteiger partial charge >= 0.3 is 6.03 Å². The molecule has 0 spiro atoms. The lowest BCUT2D eigenvalue weighted by atomic mass is 10.4. The summed E-state index contributed by atoms with van der Waals surface area (Å²) in [4.78, 5) is 15.3. The van der Waals surface area contributed by atoms with Crippen LogP contribution in [0.25, 0.3) is 0 Å². The number of carbonyl (C=O) groups excluding carboxylic acids is 1. The van der Waals surface area contributed by atoms with Gasteiger partial charge in [0.1, 0.15) is 0 Å². The molecule has 0 aliphatic rings. The lowest BCUT2D eigenvalue weighted by Gasteiger charge is -2.10. The molecule has 0 radical (unpaired) electrons. The van der Waals surface area contributed by atoms with Crippen molar-refractivity contribution in [3.8, 4) is 5.88 Å². The zero-order valence-corrected chi connectivity index (χ0v) is 9.07. The van der Waals surface area contributed by atoms with E-state index in [9.17, 15) is 4.79 Å². The summed E-state index contributed by atoms with van der Waals surface area (Å²) in [5.41, 5.74) is 0.653. The molecule has 1 aromatic rings. The molecule has 0 unspecified atom stereocenters. The Labute approximate surface area is 88.9 Å². The summed E-state index contributed by atoms with van der Waals surface area (Å²) < 4.78 is 4.93. The van der Waals surface area contributed by atoms with Crippen LogP contribution < -0.4 is 15.4 Å². The van der Waals surface area contributed by atoms with E-state index in [1.54, 1.807) is 18.3 Å². The van der Waals surface area contributed by atoms with Gasteiger partial charge in [0.05, 0.1) is 7.11 Å². The van der Waals surface area contributed by atoms with Crippen LogP contribution in [-0.2, 0) is 0 Å². The number of rotatable bonds is 3. The smallest absolute Gasteiger partial charge is 0.319 e. The summed E-state index contributed by atoms with van der Waals surface area (Å²) in [6.07, 6.45) is 1.57. The fourth-order valence-electron chi connectivity index (χ4n) is 1.03. The first-order valence-electron chi connectivity index (χ1n) is 4.69. The fraction of sp³-hybridized carbons (Fsp3) is 0.400. The molecule has 0 aliphatic carbocycles. The van der Waals surface area contributed by atoms with E-state index in [1.807, 2.05) is 13.8 Å². The van der Waals surface area contributed by atoms with Gasteiger partial charge in [0.15, 0.2) is 0 Å². The summed E-state index contributed by atoms with van der Waals surface area (Å²) in [7, 11) is 1.53. The van der Waals surface area contributed by atoms with E-state index >= 15 is 0 Å². The zero-order valence-electron chi connectivity index (χ0n) is 9.07. The average Bonchev–Trinajstić information content (AvgIpc) is 2.16. The quantitative estimate of drug-likeness (QED) is 0.795. The average molecular weight is 209 g/mol. The number of ether oxygens (including phenoxy) is 1. The van der Waals surface area contributed by atoms with E-state index in [4.69, 9.17) is 4.74 Å². The van der Waals surface area contributed by atoms with E-state index < -0.39 is 0 Å². The first-order valence-corrected chi connectivity index (χ1v) is 4.69. The molecular weight excluding hydrogens is 194 g/mol. The van der Waals surface area contributed by atoms with Gasteiger partial charge in [-0.2, -0.15) is 0 Å². The van der Waals surface area contributed by atoms with Crippen LogP contribution in [0.15, 0.2) is 18.3 Å². The number of nitrogens with one attached hydrogen (secondary N) is 2. The van der Waals surface area contributed by atoms with Crippen LogP contribution in [0.1, 0.15) is 13.8 Å². The molecular formula is C10H15N3O2. The first-order chi connectivity index (χ1) is 7.11. The number of methoxy groups -OCH3 is 1.